The molecule has 0 spiro atoms. The fourth-order valence-electron chi connectivity index (χ4n) is 2.34. The van der Waals surface area contributed by atoms with Crippen LogP contribution >= 0.6 is 0 Å². The standard InChI is InChI=1S/C14H15BFNO3/c1-14(2,3)13(18)15(16)19-11-8-4-6-10-7-5-9-17(20-15)12(10)11/h4-9H,1-3H3. The summed E-state index contributed by atoms with van der Waals surface area (Å²) in [5, 5.41) is 0.853. The fourth-order valence-corrected chi connectivity index (χ4v) is 2.34. The first kappa shape index (κ1) is 12.9. The minimum atomic E-state index is -3.56. The summed E-state index contributed by atoms with van der Waals surface area (Å²) in [5.74, 6) is 0.314. The second kappa shape index (κ2) is 3.94. The Bertz CT molecular complexity index is 670. The minimum Gasteiger partial charge on any atom is -0.644 e. The number of carbonyl (C=O) groups is 1. The van der Waals surface area contributed by atoms with Crippen LogP contribution in [-0.4, -0.2) is 12.5 Å². The molecule has 0 amide bonds. The van der Waals surface area contributed by atoms with Crippen LogP contribution < -0.4 is 14.1 Å². The number of rotatable bonds is 1. The Morgan fingerprint density at radius 2 is 1.95 bits per heavy atom. The molecule has 1 aromatic heterocycles. The Balaban J connectivity index is 2.14. The number of hydrogen-bond donors (Lipinski definition) is 0. The topological polar surface area (TPSA) is 39.4 Å². The molecular weight excluding hydrogens is 260 g/mol. The van der Waals surface area contributed by atoms with E-state index in [0.29, 0.717) is 11.3 Å². The van der Waals surface area contributed by atoms with E-state index in [1.165, 1.54) is 4.73 Å². The van der Waals surface area contributed by atoms with Gasteiger partial charge in [-0.2, -0.15) is 0 Å². The molecule has 0 saturated heterocycles. The Hall–Kier alpha value is -2.11. The maximum absolute atomic E-state index is 14.9. The van der Waals surface area contributed by atoms with Crippen LogP contribution in [0.5, 0.6) is 5.75 Å². The maximum Gasteiger partial charge on any atom is 0.646 e. The van der Waals surface area contributed by atoms with Crippen LogP contribution in [0.15, 0.2) is 36.5 Å². The SMILES string of the molecule is CC(C)(C)C(=O)[B-]1(F)Oc2cccc3ccc[n+](c23)O1. The first-order chi connectivity index (χ1) is 9.31. The maximum atomic E-state index is 14.9. The first-order valence-electron chi connectivity index (χ1n) is 6.50. The zero-order chi connectivity index (χ0) is 14.5. The van der Waals surface area contributed by atoms with Crippen LogP contribution in [0.25, 0.3) is 10.9 Å². The Morgan fingerprint density at radius 3 is 2.65 bits per heavy atom. The molecule has 1 aromatic carbocycles. The second-order valence-electron chi connectivity index (χ2n) is 5.98. The normalized spacial score (nSPS) is 21.2. The van der Waals surface area contributed by atoms with Gasteiger partial charge in [0.05, 0.1) is 5.39 Å². The molecule has 1 atom stereocenters. The predicted molar refractivity (Wildman–Crippen MR) is 72.7 cm³/mol. The Morgan fingerprint density at radius 1 is 1.25 bits per heavy atom. The highest BCUT2D eigenvalue weighted by molar-refractivity contribution is 6.93. The van der Waals surface area contributed by atoms with Gasteiger partial charge in [-0.05, 0) is 28.3 Å². The van der Waals surface area contributed by atoms with E-state index in [4.69, 9.17) is 9.41 Å². The number of nitrogens with zero attached hydrogens (tertiary/aromatic N) is 1. The monoisotopic (exact) mass is 275 g/mol. The van der Waals surface area contributed by atoms with Crippen molar-refractivity contribution in [2.45, 2.75) is 20.8 Å². The van der Waals surface area contributed by atoms with Gasteiger partial charge < -0.3 is 18.5 Å². The van der Waals surface area contributed by atoms with Crippen molar-refractivity contribution in [1.29, 1.82) is 0 Å². The van der Waals surface area contributed by atoms with Gasteiger partial charge in [0.2, 0.25) is 6.20 Å². The number of aromatic nitrogens is 1. The molecule has 0 saturated carbocycles. The highest BCUT2D eigenvalue weighted by Crippen LogP contribution is 2.31. The summed E-state index contributed by atoms with van der Waals surface area (Å²) < 4.78 is 26.7. The minimum absolute atomic E-state index is 0.314. The van der Waals surface area contributed by atoms with Crippen molar-refractivity contribution >= 4 is 23.4 Å². The Kier molecular flexibility index (Phi) is 2.55. The number of pyridine rings is 1. The zero-order valence-electron chi connectivity index (χ0n) is 11.6. The van der Waals surface area contributed by atoms with E-state index in [2.05, 4.69) is 0 Å². The first-order valence-corrected chi connectivity index (χ1v) is 6.50. The van der Waals surface area contributed by atoms with E-state index < -0.39 is 17.9 Å². The summed E-state index contributed by atoms with van der Waals surface area (Å²) in [6, 6.07) is 8.85. The van der Waals surface area contributed by atoms with Gasteiger partial charge in [0.15, 0.2) is 5.75 Å². The van der Waals surface area contributed by atoms with E-state index >= 15 is 0 Å². The third-order valence-electron chi connectivity index (χ3n) is 3.33. The molecule has 2 heterocycles. The molecule has 3 rings (SSSR count). The molecule has 0 radical (unpaired) electrons. The van der Waals surface area contributed by atoms with Gasteiger partial charge in [0, 0.05) is 6.07 Å². The van der Waals surface area contributed by atoms with Crippen molar-refractivity contribution in [3.05, 3.63) is 36.5 Å². The number of carbonyl (C=O) groups excluding carboxylic acids is 1. The fraction of sp³-hybridized carbons (Fsp3) is 0.286. The average molecular weight is 275 g/mol. The molecule has 104 valence electrons. The van der Waals surface area contributed by atoms with Gasteiger partial charge in [-0.1, -0.05) is 26.8 Å². The van der Waals surface area contributed by atoms with Gasteiger partial charge in [-0.25, -0.2) is 0 Å². The lowest BCUT2D eigenvalue weighted by Crippen LogP contribution is -2.69. The van der Waals surface area contributed by atoms with Crippen LogP contribution in [0.3, 0.4) is 0 Å². The van der Waals surface area contributed by atoms with Crippen molar-refractivity contribution < 1.29 is 23.3 Å². The summed E-state index contributed by atoms with van der Waals surface area (Å²) in [6.07, 6.45) is 1.57. The number of para-hydroxylation sites is 1. The van der Waals surface area contributed by atoms with Gasteiger partial charge in [-0.3, -0.25) is 0 Å². The molecule has 4 nitrogen and oxygen atoms in total. The summed E-state index contributed by atoms with van der Waals surface area (Å²) in [7, 11) is 0. The molecule has 0 bridgehead atoms. The summed E-state index contributed by atoms with van der Waals surface area (Å²) in [5.41, 5.74) is -0.974. The molecule has 0 fully saturated rings. The van der Waals surface area contributed by atoms with Crippen molar-refractivity contribution in [2.24, 2.45) is 5.41 Å². The molecule has 0 N–H and O–H groups in total. The van der Waals surface area contributed by atoms with Crippen molar-refractivity contribution in [3.8, 4) is 5.75 Å². The molecule has 1 unspecified atom stereocenters. The Labute approximate surface area is 116 Å². The average Bonchev–Trinajstić information content (AvgIpc) is 2.37. The molecule has 1 aliphatic rings. The van der Waals surface area contributed by atoms with Crippen molar-refractivity contribution in [1.82, 2.24) is 0 Å². The molecule has 1 aliphatic heterocycles. The second-order valence-corrected chi connectivity index (χ2v) is 5.98. The summed E-state index contributed by atoms with van der Waals surface area (Å²) >= 11 is 0. The van der Waals surface area contributed by atoms with Gasteiger partial charge in [0.25, 0.3) is 5.52 Å². The quantitative estimate of drug-likeness (QED) is 0.590. The predicted octanol–water partition coefficient (Wildman–Crippen LogP) is 2.01. The molecule has 6 heteroatoms. The largest absolute Gasteiger partial charge is 0.646 e. The lowest BCUT2D eigenvalue weighted by Gasteiger charge is -2.36. The van der Waals surface area contributed by atoms with Gasteiger partial charge in [0.1, 0.15) is 5.68 Å². The van der Waals surface area contributed by atoms with E-state index in [1.54, 1.807) is 45.2 Å². The van der Waals surface area contributed by atoms with Crippen LogP contribution in [0.2, 0.25) is 0 Å². The third-order valence-corrected chi connectivity index (χ3v) is 3.33. The summed E-state index contributed by atoms with van der Waals surface area (Å²) in [6.45, 7) is 1.34. The van der Waals surface area contributed by atoms with Crippen LogP contribution in [-0.2, 0) is 4.79 Å². The van der Waals surface area contributed by atoms with E-state index in [-0.39, 0.29) is 0 Å². The van der Waals surface area contributed by atoms with Crippen molar-refractivity contribution in [3.63, 3.8) is 0 Å². The number of hydrogen-bond acceptors (Lipinski definition) is 3. The highest BCUT2D eigenvalue weighted by atomic mass is 19.1. The number of halogens is 1. The van der Waals surface area contributed by atoms with Gasteiger partial charge >= 0.3 is 6.83 Å². The molecular formula is C14H15BFNO3. The van der Waals surface area contributed by atoms with Crippen LogP contribution in [0.1, 0.15) is 20.8 Å². The molecule has 2 aromatic rings. The highest BCUT2D eigenvalue weighted by Gasteiger charge is 2.53. The van der Waals surface area contributed by atoms with E-state index in [0.717, 1.165) is 5.39 Å². The van der Waals surface area contributed by atoms with Crippen LogP contribution in [0, 0.1) is 5.41 Å². The summed E-state index contributed by atoms with van der Waals surface area (Å²) in [4.78, 5) is 12.3. The lowest BCUT2D eigenvalue weighted by molar-refractivity contribution is -0.848. The van der Waals surface area contributed by atoms with Crippen LogP contribution in [0.4, 0.5) is 4.32 Å². The van der Waals surface area contributed by atoms with Gasteiger partial charge in [-0.15, -0.1) is 0 Å². The molecule has 0 aliphatic carbocycles. The zero-order valence-corrected chi connectivity index (χ0v) is 11.6. The lowest BCUT2D eigenvalue weighted by atomic mass is 9.64. The molecule has 20 heavy (non-hydrogen) atoms. The number of benzene rings is 1. The van der Waals surface area contributed by atoms with E-state index in [1.807, 2.05) is 12.1 Å². The van der Waals surface area contributed by atoms with Crippen molar-refractivity contribution in [2.75, 3.05) is 0 Å². The van der Waals surface area contributed by atoms with E-state index in [9.17, 15) is 9.11 Å². The third kappa shape index (κ3) is 1.83. The smallest absolute Gasteiger partial charge is 0.644 e.